The molecule has 1 heterocycles. The van der Waals surface area contributed by atoms with E-state index in [0.29, 0.717) is 17.1 Å². The van der Waals surface area contributed by atoms with Crippen LogP contribution in [0.5, 0.6) is 0 Å². The number of fused-ring (bicyclic) bond motifs is 5. The van der Waals surface area contributed by atoms with E-state index in [1.54, 1.807) is 0 Å². The van der Waals surface area contributed by atoms with E-state index in [9.17, 15) is 24.0 Å². The van der Waals surface area contributed by atoms with Gasteiger partial charge in [-0.25, -0.2) is 4.79 Å². The van der Waals surface area contributed by atoms with Crippen LogP contribution in [0.3, 0.4) is 0 Å². The van der Waals surface area contributed by atoms with Crippen LogP contribution in [-0.2, 0) is 19.1 Å². The highest BCUT2D eigenvalue weighted by atomic mass is 35.5. The number of ether oxygens (including phenoxy) is 1. The first kappa shape index (κ1) is 25.5. The van der Waals surface area contributed by atoms with Gasteiger partial charge in [-0.05, 0) is 66.8 Å². The molecule has 2 bridgehead atoms. The van der Waals surface area contributed by atoms with Crippen LogP contribution < -0.4 is 15.8 Å². The standard InChI is InChI=1S/C25H20Cl3N3O6/c26-13-5-1-11(2-6-13)22(33)30-29-17(32)10-37-25(36)12-3-7-14(8-4-12)31-23(34)18-15-9-16(19(18)24(31)35)21(28)20(15)27/h1-8,15-16,18-21H,9-10H2,(H,29,32)(H,30,33)/t15-,16-,18-,19+,20+,21+/m1/s1. The van der Waals surface area contributed by atoms with E-state index in [1.165, 1.54) is 48.5 Å². The van der Waals surface area contributed by atoms with Crippen LogP contribution in [0, 0.1) is 23.7 Å². The number of alkyl halides is 2. The minimum absolute atomic E-state index is 0.114. The number of esters is 1. The van der Waals surface area contributed by atoms with Gasteiger partial charge < -0.3 is 4.74 Å². The third kappa shape index (κ3) is 4.56. The number of carbonyl (C=O) groups is 5. The Kier molecular flexibility index (Phi) is 6.87. The van der Waals surface area contributed by atoms with E-state index in [1.807, 2.05) is 0 Å². The minimum atomic E-state index is -0.797. The normalized spacial score (nSPS) is 27.7. The highest BCUT2D eigenvalue weighted by Crippen LogP contribution is 2.59. The van der Waals surface area contributed by atoms with Crippen molar-refractivity contribution in [2.45, 2.75) is 17.2 Å². The van der Waals surface area contributed by atoms with Crippen molar-refractivity contribution < 1.29 is 28.7 Å². The van der Waals surface area contributed by atoms with Gasteiger partial charge in [0.2, 0.25) is 11.8 Å². The number of rotatable bonds is 5. The van der Waals surface area contributed by atoms with Gasteiger partial charge in [-0.1, -0.05) is 11.6 Å². The number of benzene rings is 2. The molecule has 1 aliphatic heterocycles. The van der Waals surface area contributed by atoms with E-state index in [4.69, 9.17) is 39.5 Å². The number of imide groups is 1. The Labute approximate surface area is 226 Å². The summed E-state index contributed by atoms with van der Waals surface area (Å²) in [6.45, 7) is -0.643. The van der Waals surface area contributed by atoms with E-state index < -0.39 is 36.2 Å². The first-order chi connectivity index (χ1) is 17.7. The summed E-state index contributed by atoms with van der Waals surface area (Å²) in [7, 11) is 0. The molecule has 2 aromatic carbocycles. The molecular weight excluding hydrogens is 545 g/mol. The van der Waals surface area contributed by atoms with Gasteiger partial charge >= 0.3 is 5.97 Å². The van der Waals surface area contributed by atoms with Crippen LogP contribution in [0.25, 0.3) is 0 Å². The van der Waals surface area contributed by atoms with Gasteiger partial charge in [0.15, 0.2) is 6.61 Å². The molecule has 4 amide bonds. The van der Waals surface area contributed by atoms with Crippen molar-refractivity contribution in [1.82, 2.24) is 10.9 Å². The lowest BCUT2D eigenvalue weighted by molar-refractivity contribution is -0.125. The molecule has 2 saturated carbocycles. The van der Waals surface area contributed by atoms with E-state index >= 15 is 0 Å². The Hall–Kier alpha value is -3.14. The number of anilines is 1. The van der Waals surface area contributed by atoms with E-state index in [2.05, 4.69) is 10.9 Å². The molecule has 2 aromatic rings. The molecule has 3 fully saturated rings. The van der Waals surface area contributed by atoms with Crippen LogP contribution in [0.15, 0.2) is 48.5 Å². The van der Waals surface area contributed by atoms with Crippen molar-refractivity contribution in [2.75, 3.05) is 11.5 Å². The third-order valence-corrected chi connectivity index (χ3v) is 8.68. The minimum Gasteiger partial charge on any atom is -0.452 e. The smallest absolute Gasteiger partial charge is 0.338 e. The van der Waals surface area contributed by atoms with Crippen LogP contribution in [-0.4, -0.2) is 47.0 Å². The SMILES string of the molecule is O=C(COC(=O)c1ccc(N2C(=O)[C@@H]3[C@H]4C[C@@H]([C@H](Cl)[C@H]4Cl)[C@@H]3C2=O)cc1)NNC(=O)c1ccc(Cl)cc1. The lowest BCUT2D eigenvalue weighted by atomic mass is 9.80. The highest BCUT2D eigenvalue weighted by molar-refractivity contribution is 6.32. The fraction of sp³-hybridized carbons (Fsp3) is 0.320. The van der Waals surface area contributed by atoms with Crippen LogP contribution in [0.4, 0.5) is 5.69 Å². The first-order valence-electron chi connectivity index (χ1n) is 11.4. The topological polar surface area (TPSA) is 122 Å². The summed E-state index contributed by atoms with van der Waals surface area (Å²) in [5.74, 6) is -3.93. The van der Waals surface area contributed by atoms with Gasteiger partial charge in [-0.2, -0.15) is 0 Å². The van der Waals surface area contributed by atoms with Crippen molar-refractivity contribution in [3.63, 3.8) is 0 Å². The molecule has 0 aromatic heterocycles. The van der Waals surface area contributed by atoms with E-state index in [0.717, 1.165) is 4.90 Å². The number of hydrogen-bond donors (Lipinski definition) is 2. The van der Waals surface area contributed by atoms with Gasteiger partial charge in [0, 0.05) is 10.6 Å². The van der Waals surface area contributed by atoms with Gasteiger partial charge in [0.05, 0.1) is 33.8 Å². The number of hydrogen-bond acceptors (Lipinski definition) is 6. The van der Waals surface area contributed by atoms with Gasteiger partial charge in [-0.15, -0.1) is 23.2 Å². The number of halogens is 3. The number of carbonyl (C=O) groups excluding carboxylic acids is 5. The molecule has 192 valence electrons. The molecule has 6 atom stereocenters. The fourth-order valence-electron chi connectivity index (χ4n) is 5.40. The summed E-state index contributed by atoms with van der Waals surface area (Å²) < 4.78 is 4.98. The lowest BCUT2D eigenvalue weighted by Crippen LogP contribution is -2.43. The van der Waals surface area contributed by atoms with Gasteiger partial charge in [0.1, 0.15) is 0 Å². The molecule has 37 heavy (non-hydrogen) atoms. The second kappa shape index (κ2) is 9.96. The van der Waals surface area contributed by atoms with Crippen molar-refractivity contribution in [2.24, 2.45) is 23.7 Å². The molecule has 9 nitrogen and oxygen atoms in total. The summed E-state index contributed by atoms with van der Waals surface area (Å²) in [4.78, 5) is 63.6. The van der Waals surface area contributed by atoms with Crippen molar-refractivity contribution in [1.29, 1.82) is 0 Å². The largest absolute Gasteiger partial charge is 0.452 e. The van der Waals surface area contributed by atoms with Crippen LogP contribution in [0.2, 0.25) is 5.02 Å². The lowest BCUT2D eigenvalue weighted by Gasteiger charge is -2.28. The van der Waals surface area contributed by atoms with Crippen molar-refractivity contribution in [3.05, 3.63) is 64.7 Å². The molecule has 0 spiro atoms. The zero-order chi connectivity index (χ0) is 26.4. The molecule has 2 aliphatic carbocycles. The maximum Gasteiger partial charge on any atom is 0.338 e. The summed E-state index contributed by atoms with van der Waals surface area (Å²) >= 11 is 18.6. The van der Waals surface area contributed by atoms with E-state index in [-0.39, 0.29) is 45.5 Å². The highest BCUT2D eigenvalue weighted by Gasteiger charge is 2.66. The molecule has 3 aliphatic rings. The Balaban J connectivity index is 1.15. The van der Waals surface area contributed by atoms with Crippen molar-refractivity contribution >= 4 is 70.1 Å². The summed E-state index contributed by atoms with van der Waals surface area (Å²) in [6.07, 6.45) is 0.673. The second-order valence-corrected chi connectivity index (χ2v) is 10.6. The summed E-state index contributed by atoms with van der Waals surface area (Å²) in [6, 6.07) is 11.8. The fourth-order valence-corrected chi connectivity index (χ4v) is 6.42. The summed E-state index contributed by atoms with van der Waals surface area (Å²) in [5, 5.41) is -0.225. The molecule has 1 saturated heterocycles. The van der Waals surface area contributed by atoms with Gasteiger partial charge in [-0.3, -0.25) is 34.9 Å². The molecule has 0 unspecified atom stereocenters. The number of amides is 4. The Morgan fingerprint density at radius 2 is 1.38 bits per heavy atom. The maximum atomic E-state index is 13.1. The third-order valence-electron chi connectivity index (χ3n) is 7.10. The van der Waals surface area contributed by atoms with Crippen LogP contribution in [0.1, 0.15) is 27.1 Å². The number of hydrazine groups is 1. The molecule has 5 rings (SSSR count). The molecule has 12 heteroatoms. The number of nitrogens with one attached hydrogen (secondary N) is 2. The first-order valence-corrected chi connectivity index (χ1v) is 12.7. The van der Waals surface area contributed by atoms with Gasteiger partial charge in [0.25, 0.3) is 11.8 Å². The average Bonchev–Trinajstić information content (AvgIpc) is 3.51. The van der Waals surface area contributed by atoms with Crippen molar-refractivity contribution in [3.8, 4) is 0 Å². The number of nitrogens with zero attached hydrogens (tertiary/aromatic N) is 1. The molecule has 0 radical (unpaired) electrons. The average molecular weight is 565 g/mol. The zero-order valence-corrected chi connectivity index (χ0v) is 21.3. The monoisotopic (exact) mass is 563 g/mol. The quantitative estimate of drug-likeness (QED) is 0.249. The maximum absolute atomic E-state index is 13.1. The van der Waals surface area contributed by atoms with Crippen LogP contribution >= 0.6 is 34.8 Å². The Bertz CT molecular complexity index is 1250. The Morgan fingerprint density at radius 3 is 1.95 bits per heavy atom. The Morgan fingerprint density at radius 1 is 0.838 bits per heavy atom. The predicted octanol–water partition coefficient (Wildman–Crippen LogP) is 2.93. The molecule has 2 N–H and O–H groups in total. The molecular formula is C25H20Cl3N3O6. The second-order valence-electron chi connectivity index (χ2n) is 9.15. The zero-order valence-electron chi connectivity index (χ0n) is 19.0. The summed E-state index contributed by atoms with van der Waals surface area (Å²) in [5.41, 5.74) is 5.07. The predicted molar refractivity (Wildman–Crippen MR) is 134 cm³/mol.